The average Bonchev–Trinajstić information content (AvgIpc) is 2.63. The first-order valence-electron chi connectivity index (χ1n) is 6.16. The van der Waals surface area contributed by atoms with Gasteiger partial charge >= 0.3 is 0 Å². The molecular weight excluding hydrogens is 184 g/mol. The highest BCUT2D eigenvalue weighted by Gasteiger charge is 2.17. The lowest BCUT2D eigenvalue weighted by molar-refractivity contribution is 0.401. The van der Waals surface area contributed by atoms with Gasteiger partial charge in [-0.3, -0.25) is 0 Å². The van der Waals surface area contributed by atoms with Crippen molar-refractivity contribution in [3.05, 3.63) is 29.8 Å². The maximum absolute atomic E-state index is 7.85. The highest BCUT2D eigenvalue weighted by atomic mass is 15.2. The number of anilines is 1. The maximum Gasteiger partial charge on any atom is 0.0626 e. The number of fused-ring (bicyclic) bond motifs is 1. The van der Waals surface area contributed by atoms with Crippen LogP contribution < -0.4 is 4.90 Å². The second kappa shape index (κ2) is 4.67. The molecule has 0 N–H and O–H groups in total. The van der Waals surface area contributed by atoms with Gasteiger partial charge < -0.3 is 9.80 Å². The number of hydrogen-bond acceptors (Lipinski definition) is 2. The zero-order chi connectivity index (χ0) is 11.5. The Balaban J connectivity index is 1.98. The molecule has 1 aliphatic heterocycles. The fourth-order valence-corrected chi connectivity index (χ4v) is 2.14. The average molecular weight is 205 g/mol. The summed E-state index contributed by atoms with van der Waals surface area (Å²) in [6.45, 7) is 3.32. The summed E-state index contributed by atoms with van der Waals surface area (Å²) in [4.78, 5) is 4.63. The zero-order valence-corrected chi connectivity index (χ0v) is 9.66. The predicted octanol–water partition coefficient (Wildman–Crippen LogP) is 2.00. The van der Waals surface area contributed by atoms with Gasteiger partial charge in [-0.25, -0.2) is 0 Å². The Hall–Kier alpha value is -1.02. The van der Waals surface area contributed by atoms with E-state index in [9.17, 15) is 0 Å². The van der Waals surface area contributed by atoms with Gasteiger partial charge in [-0.1, -0.05) is 18.2 Å². The molecule has 1 aliphatic rings. The minimum absolute atomic E-state index is 0.701. The number of rotatable bonds is 4. The van der Waals surface area contributed by atoms with Crippen molar-refractivity contribution >= 4 is 5.69 Å². The summed E-state index contributed by atoms with van der Waals surface area (Å²) in [5.74, 6) is 0. The van der Waals surface area contributed by atoms with Gasteiger partial charge in [-0.15, -0.1) is 0 Å². The van der Waals surface area contributed by atoms with E-state index >= 15 is 0 Å². The van der Waals surface area contributed by atoms with E-state index in [4.69, 9.17) is 1.37 Å². The molecule has 15 heavy (non-hydrogen) atoms. The SMILES string of the molecule is [2H]c1cccc2c1CCN2CCCN(C)C. The molecule has 0 atom stereocenters. The predicted molar refractivity (Wildman–Crippen MR) is 65.5 cm³/mol. The lowest BCUT2D eigenvalue weighted by Gasteiger charge is -2.20. The first-order chi connectivity index (χ1) is 7.68. The van der Waals surface area contributed by atoms with Gasteiger partial charge in [-0.05, 0) is 45.1 Å². The standard InChI is InChI=1S/C13H20N2/c1-14(2)9-5-10-15-11-8-12-6-3-4-7-13(12)15/h3-4,6-7H,5,8-11H2,1-2H3/i6D. The van der Waals surface area contributed by atoms with Crippen molar-refractivity contribution in [1.29, 1.82) is 0 Å². The van der Waals surface area contributed by atoms with Crippen LogP contribution in [0.2, 0.25) is 0 Å². The Morgan fingerprint density at radius 3 is 3.13 bits per heavy atom. The highest BCUT2D eigenvalue weighted by Crippen LogP contribution is 2.27. The molecule has 1 aromatic rings. The molecule has 1 heterocycles. The number of benzene rings is 1. The lowest BCUT2D eigenvalue weighted by Crippen LogP contribution is -2.25. The molecule has 2 nitrogen and oxygen atoms in total. The molecule has 0 unspecified atom stereocenters. The molecule has 0 spiro atoms. The van der Waals surface area contributed by atoms with Crippen molar-refractivity contribution in [2.24, 2.45) is 0 Å². The van der Waals surface area contributed by atoms with E-state index in [2.05, 4.69) is 30.0 Å². The molecule has 2 heteroatoms. The van der Waals surface area contributed by atoms with Gasteiger partial charge in [0.15, 0.2) is 0 Å². The van der Waals surface area contributed by atoms with Crippen LogP contribution in [-0.4, -0.2) is 38.6 Å². The van der Waals surface area contributed by atoms with Crippen LogP contribution in [0.1, 0.15) is 13.4 Å². The van der Waals surface area contributed by atoms with Crippen LogP contribution in [0, 0.1) is 0 Å². The third-order valence-corrected chi connectivity index (χ3v) is 2.92. The van der Waals surface area contributed by atoms with Crippen LogP contribution in [0.3, 0.4) is 0 Å². The molecule has 1 aromatic carbocycles. The molecule has 0 saturated carbocycles. The molecule has 0 bridgehead atoms. The summed E-state index contributed by atoms with van der Waals surface area (Å²) in [7, 11) is 4.22. The fourth-order valence-electron chi connectivity index (χ4n) is 2.14. The molecule has 0 amide bonds. The van der Waals surface area contributed by atoms with Crippen molar-refractivity contribution in [3.8, 4) is 0 Å². The lowest BCUT2D eigenvalue weighted by atomic mass is 10.2. The second-order valence-corrected chi connectivity index (χ2v) is 4.43. The monoisotopic (exact) mass is 205 g/mol. The minimum atomic E-state index is 0.701. The van der Waals surface area contributed by atoms with Crippen LogP contribution in [0.15, 0.2) is 24.2 Å². The van der Waals surface area contributed by atoms with E-state index in [0.717, 1.165) is 26.1 Å². The van der Waals surface area contributed by atoms with Crippen LogP contribution in [-0.2, 0) is 6.42 Å². The van der Waals surface area contributed by atoms with Crippen molar-refractivity contribution in [1.82, 2.24) is 4.90 Å². The molecular formula is C13H20N2. The molecule has 0 aromatic heterocycles. The van der Waals surface area contributed by atoms with Gasteiger partial charge in [0.2, 0.25) is 0 Å². The second-order valence-electron chi connectivity index (χ2n) is 4.43. The van der Waals surface area contributed by atoms with Gasteiger partial charge in [0, 0.05) is 18.8 Å². The van der Waals surface area contributed by atoms with Crippen molar-refractivity contribution in [3.63, 3.8) is 0 Å². The third-order valence-electron chi connectivity index (χ3n) is 2.92. The van der Waals surface area contributed by atoms with E-state index in [1.807, 2.05) is 12.1 Å². The van der Waals surface area contributed by atoms with Crippen molar-refractivity contribution < 1.29 is 1.37 Å². The Morgan fingerprint density at radius 2 is 2.33 bits per heavy atom. The van der Waals surface area contributed by atoms with Crippen molar-refractivity contribution in [2.45, 2.75) is 12.8 Å². The number of hydrogen-bond donors (Lipinski definition) is 0. The van der Waals surface area contributed by atoms with Crippen LogP contribution in [0.5, 0.6) is 0 Å². The fraction of sp³-hybridized carbons (Fsp3) is 0.538. The van der Waals surface area contributed by atoms with Gasteiger partial charge in [0.25, 0.3) is 0 Å². The quantitative estimate of drug-likeness (QED) is 0.742. The summed E-state index contributed by atoms with van der Waals surface area (Å²) >= 11 is 0. The van der Waals surface area contributed by atoms with E-state index in [1.54, 1.807) is 0 Å². The zero-order valence-electron chi connectivity index (χ0n) is 10.7. The van der Waals surface area contributed by atoms with E-state index in [0.29, 0.717) is 6.04 Å². The van der Waals surface area contributed by atoms with E-state index in [1.165, 1.54) is 17.7 Å². The third kappa shape index (κ3) is 2.51. The number of nitrogens with zero attached hydrogens (tertiary/aromatic N) is 2. The van der Waals surface area contributed by atoms with E-state index in [-0.39, 0.29) is 0 Å². The van der Waals surface area contributed by atoms with E-state index < -0.39 is 0 Å². The summed E-state index contributed by atoms with van der Waals surface area (Å²) in [5.41, 5.74) is 2.51. The normalized spacial score (nSPS) is 15.7. The first-order valence-corrected chi connectivity index (χ1v) is 5.66. The Kier molecular flexibility index (Phi) is 2.87. The van der Waals surface area contributed by atoms with Crippen LogP contribution >= 0.6 is 0 Å². The largest absolute Gasteiger partial charge is 0.371 e. The Labute approximate surface area is 93.9 Å². The maximum atomic E-state index is 7.85. The summed E-state index contributed by atoms with van der Waals surface area (Å²) in [6, 6.07) is 6.73. The Morgan fingerprint density at radius 1 is 1.47 bits per heavy atom. The van der Waals surface area contributed by atoms with Crippen molar-refractivity contribution in [2.75, 3.05) is 38.6 Å². The number of para-hydroxylation sites is 1. The summed E-state index contributed by atoms with van der Waals surface area (Å²) < 4.78 is 7.85. The van der Waals surface area contributed by atoms with Crippen LogP contribution in [0.4, 0.5) is 5.69 Å². The summed E-state index contributed by atoms with van der Waals surface area (Å²) in [5, 5.41) is 0. The molecule has 0 radical (unpaired) electrons. The molecule has 2 rings (SSSR count). The molecule has 0 saturated heterocycles. The highest BCUT2D eigenvalue weighted by molar-refractivity contribution is 5.57. The van der Waals surface area contributed by atoms with Crippen LogP contribution in [0.25, 0.3) is 0 Å². The van der Waals surface area contributed by atoms with Gasteiger partial charge in [-0.2, -0.15) is 0 Å². The molecule has 0 fully saturated rings. The van der Waals surface area contributed by atoms with Gasteiger partial charge in [0.05, 0.1) is 1.37 Å². The molecule has 82 valence electrons. The Bertz CT molecular complexity index is 363. The first kappa shape index (κ1) is 9.22. The summed E-state index contributed by atoms with van der Waals surface area (Å²) in [6.07, 6.45) is 2.23. The topological polar surface area (TPSA) is 6.48 Å². The molecule has 0 aliphatic carbocycles. The smallest absolute Gasteiger partial charge is 0.0626 e. The minimum Gasteiger partial charge on any atom is -0.371 e. The van der Waals surface area contributed by atoms with Gasteiger partial charge in [0.1, 0.15) is 0 Å².